The van der Waals surface area contributed by atoms with E-state index in [1.165, 1.54) is 62.7 Å². The zero-order chi connectivity index (χ0) is 43.8. The molecule has 338 valence electrons. The maximum absolute atomic E-state index is 8.41. The summed E-state index contributed by atoms with van der Waals surface area (Å²) in [4.78, 5) is 8.79. The first-order valence-electron chi connectivity index (χ1n) is 20.7. The minimum Gasteiger partial charge on any atom is -0.396 e. The van der Waals surface area contributed by atoms with Crippen LogP contribution >= 0.6 is 143 Å². The van der Waals surface area contributed by atoms with Crippen LogP contribution in [0.25, 0.3) is 0 Å². The average molecular weight is 1410 g/mol. The summed E-state index contributed by atoms with van der Waals surface area (Å²) in [5.41, 5.74) is 0. The van der Waals surface area contributed by atoms with Crippen molar-refractivity contribution in [2.24, 2.45) is 71.0 Å². The molecule has 0 bridgehead atoms. The van der Waals surface area contributed by atoms with E-state index < -0.39 is 0 Å². The molecule has 0 radical (unpaired) electrons. The molecule has 3 saturated heterocycles. The SMILES string of the molecule is BrC(Br)Br.BrC1(Br)CC1C1CO1.BrC1(Br)CC1C1CO1.C=CC1CC1(Br)Br.C=CC=C.CC1(C)OO1.CCC1C2CC12.OCC1C2CC12.OCC1C2CC12.[CH2-]CCC.[Li+]. The first kappa shape index (κ1) is 59.0. The van der Waals surface area contributed by atoms with Crippen molar-refractivity contribution < 1.29 is 48.3 Å². The molecule has 3 heterocycles. The van der Waals surface area contributed by atoms with E-state index in [-0.39, 0.29) is 37.0 Å². The van der Waals surface area contributed by atoms with Crippen molar-refractivity contribution in [3.8, 4) is 0 Å². The molecule has 0 amide bonds. The van der Waals surface area contributed by atoms with Gasteiger partial charge in [-0.15, -0.1) is 6.58 Å². The van der Waals surface area contributed by atoms with Crippen LogP contribution in [0.15, 0.2) is 38.0 Å². The Kier molecular flexibility index (Phi) is 26.6. The van der Waals surface area contributed by atoms with E-state index in [1.807, 2.05) is 19.9 Å². The standard InChI is InChI=1S/C6H10.2C5H6Br2O.C5H6Br2.2C5H8O.C4H9.C4H6.C3H6O2.CHBr3.Li/c1-2-4-5-3-6(4)5;2*6-5(7)1-3(5)4-2-8-4;1-2-4-3-5(4,6)7;2*6-2-5-3-1-4(3)5;2*1-3-4-2;1-3(2)4-5-3;2-1(3)4;/h4-6H,2-3H2,1H3;2*3-4H,1-2H2;2,4H,1,3H2;2*3-6H,1-2H2;1,3-4H2,2H3;3-4H,1-2H2;1-2H3;1H;/q;;;;;;-1;;;;+1. The van der Waals surface area contributed by atoms with E-state index in [2.05, 4.69) is 194 Å². The zero-order valence-electron chi connectivity index (χ0n) is 35.3. The summed E-state index contributed by atoms with van der Waals surface area (Å²) in [7, 11) is 0. The van der Waals surface area contributed by atoms with Gasteiger partial charge in [-0.25, -0.2) is 0 Å². The van der Waals surface area contributed by atoms with Crippen LogP contribution in [-0.2, 0) is 19.2 Å². The van der Waals surface area contributed by atoms with E-state index in [0.717, 1.165) is 67.0 Å². The van der Waals surface area contributed by atoms with Gasteiger partial charge in [0.1, 0.15) is 2.65 Å². The Labute approximate surface area is 444 Å². The fourth-order valence-electron chi connectivity index (χ4n) is 6.31. The summed E-state index contributed by atoms with van der Waals surface area (Å²) in [6.45, 7) is 25.0. The minimum absolute atomic E-state index is 0. The molecule has 3 aliphatic heterocycles. The molecule has 0 aromatic heterocycles. The van der Waals surface area contributed by atoms with Crippen molar-refractivity contribution in [2.45, 2.75) is 116 Å². The number of alkyl halides is 9. The molecular weight excluding hydrogens is 1340 g/mol. The first-order chi connectivity index (χ1) is 27.1. The van der Waals surface area contributed by atoms with Crippen LogP contribution in [0.1, 0.15) is 85.5 Å². The molecule has 16 heteroatoms. The van der Waals surface area contributed by atoms with Crippen LogP contribution in [0.5, 0.6) is 0 Å². The summed E-state index contributed by atoms with van der Waals surface area (Å²) in [6.07, 6.45) is 18.1. The summed E-state index contributed by atoms with van der Waals surface area (Å²) < 4.78 is 11.2. The number of aliphatic hydroxyl groups excluding tert-OH is 2. The number of unbranched alkanes of at least 4 members (excludes halogenated alkanes) is 1. The Morgan fingerprint density at radius 2 is 0.932 bits per heavy atom. The third-order valence-corrected chi connectivity index (χ3v) is 17.4. The molecule has 9 aliphatic carbocycles. The van der Waals surface area contributed by atoms with Gasteiger partial charge in [-0.1, -0.05) is 201 Å². The van der Waals surface area contributed by atoms with Crippen molar-refractivity contribution in [3.05, 3.63) is 44.9 Å². The Hall–Kier alpha value is 3.90. The summed E-state index contributed by atoms with van der Waals surface area (Å²) in [6, 6.07) is 0. The van der Waals surface area contributed by atoms with Crippen LogP contribution in [-0.4, -0.2) is 67.0 Å². The van der Waals surface area contributed by atoms with Crippen LogP contribution in [0, 0.1) is 77.9 Å². The first-order valence-corrected chi connectivity index (χ1v) is 28.2. The second-order valence-corrected chi connectivity index (χ2v) is 35.4. The molecule has 11 unspecified atom stereocenters. The summed E-state index contributed by atoms with van der Waals surface area (Å²) >= 11 is 30.3. The van der Waals surface area contributed by atoms with Crippen LogP contribution in [0.4, 0.5) is 0 Å². The van der Waals surface area contributed by atoms with Gasteiger partial charge < -0.3 is 26.6 Å². The molecular formula is C43H66Br9LiO6. The smallest absolute Gasteiger partial charge is 0.396 e. The average Bonchev–Trinajstić information content (AvgIpc) is 3.94. The molecule has 12 aliphatic rings. The number of hydrogen-bond acceptors (Lipinski definition) is 6. The number of rotatable bonds is 8. The van der Waals surface area contributed by atoms with Crippen molar-refractivity contribution in [3.63, 3.8) is 0 Å². The molecule has 11 atom stereocenters. The van der Waals surface area contributed by atoms with E-state index in [9.17, 15) is 0 Å². The molecule has 0 aromatic rings. The second-order valence-electron chi connectivity index (χ2n) is 17.3. The van der Waals surface area contributed by atoms with Crippen molar-refractivity contribution in [2.75, 3.05) is 26.4 Å². The van der Waals surface area contributed by atoms with Crippen LogP contribution in [0.3, 0.4) is 0 Å². The number of aliphatic hydroxyl groups is 2. The summed E-state index contributed by atoms with van der Waals surface area (Å²) in [5, 5.41) is 16.8. The van der Waals surface area contributed by atoms with Crippen molar-refractivity contribution in [1.82, 2.24) is 0 Å². The maximum atomic E-state index is 8.41. The molecule has 0 spiro atoms. The number of halogens is 9. The van der Waals surface area contributed by atoms with Gasteiger partial charge in [0, 0.05) is 31.0 Å². The summed E-state index contributed by atoms with van der Waals surface area (Å²) in [5.74, 6) is 11.0. The fraction of sp³-hybridized carbons (Fsp3) is 0.837. The monoisotopic (exact) mass is 1400 g/mol. The Bertz CT molecular complexity index is 1160. The third-order valence-electron chi connectivity index (χ3n) is 11.9. The number of ether oxygens (including phenoxy) is 2. The van der Waals surface area contributed by atoms with Crippen LogP contribution in [0.2, 0.25) is 0 Å². The van der Waals surface area contributed by atoms with Crippen molar-refractivity contribution >= 4 is 143 Å². The predicted molar refractivity (Wildman–Crippen MR) is 273 cm³/mol. The normalized spacial score (nSPS) is 39.8. The Balaban J connectivity index is 0.000000228. The largest absolute Gasteiger partial charge is 1.00 e. The van der Waals surface area contributed by atoms with E-state index in [4.69, 9.17) is 19.7 Å². The number of hydrogen-bond donors (Lipinski definition) is 2. The van der Waals surface area contributed by atoms with Gasteiger partial charge in [0.05, 0.1) is 35.1 Å². The zero-order valence-corrected chi connectivity index (χ0v) is 49.6. The van der Waals surface area contributed by atoms with E-state index in [0.29, 0.717) is 31.3 Å². The van der Waals surface area contributed by atoms with Gasteiger partial charge in [-0.3, -0.25) is 0 Å². The molecule has 0 aromatic carbocycles. The van der Waals surface area contributed by atoms with E-state index >= 15 is 0 Å². The molecule has 2 N–H and O–H groups in total. The number of fused-ring (bicyclic) bond motifs is 3. The number of epoxide rings is 2. The molecule has 6 nitrogen and oxygen atoms in total. The van der Waals surface area contributed by atoms with Gasteiger partial charge >= 0.3 is 18.9 Å². The predicted octanol–water partition coefficient (Wildman–Crippen LogP) is 11.7. The van der Waals surface area contributed by atoms with E-state index in [1.54, 1.807) is 18.6 Å². The second kappa shape index (κ2) is 26.6. The molecule has 59 heavy (non-hydrogen) atoms. The minimum atomic E-state index is -0.250. The third kappa shape index (κ3) is 24.1. The van der Waals surface area contributed by atoms with Crippen molar-refractivity contribution in [1.29, 1.82) is 0 Å². The molecule has 12 fully saturated rings. The van der Waals surface area contributed by atoms with Gasteiger partial charge in [-0.05, 0) is 106 Å². The fourth-order valence-corrected chi connectivity index (χ4v) is 9.96. The van der Waals surface area contributed by atoms with Gasteiger partial charge in [-0.2, -0.15) is 16.2 Å². The molecule has 12 rings (SSSR count). The Morgan fingerprint density at radius 3 is 0.949 bits per heavy atom. The molecule has 9 saturated carbocycles. The number of allylic oxidation sites excluding steroid dienone is 3. The van der Waals surface area contributed by atoms with Gasteiger partial charge in [0.25, 0.3) is 0 Å². The Morgan fingerprint density at radius 1 is 0.661 bits per heavy atom. The van der Waals surface area contributed by atoms with Gasteiger partial charge in [0.15, 0.2) is 0 Å². The van der Waals surface area contributed by atoms with Crippen LogP contribution < -0.4 is 18.9 Å². The topological polar surface area (TPSA) is 90.6 Å². The quantitative estimate of drug-likeness (QED) is 0.0479. The van der Waals surface area contributed by atoms with Gasteiger partial charge in [0.2, 0.25) is 5.79 Å². The maximum Gasteiger partial charge on any atom is 1.00 e.